The molecule has 0 radical (unpaired) electrons. The number of rotatable bonds is 5. The zero-order valence-electron chi connectivity index (χ0n) is 14.1. The van der Waals surface area contributed by atoms with Crippen LogP contribution in [-0.2, 0) is 4.79 Å². The SMILES string of the molecule is O=C(NC1CC1)C(c1ccc(F)cc1)N1CCCC(c2ccn[nH]2)C1. The zero-order chi connectivity index (χ0) is 17.2. The van der Waals surface area contributed by atoms with E-state index in [9.17, 15) is 9.18 Å². The molecule has 2 fully saturated rings. The molecule has 25 heavy (non-hydrogen) atoms. The standard InChI is InChI=1S/C19H23FN4O/c20-15-5-3-13(4-6-15)18(19(25)22-16-7-8-16)24-11-1-2-14(12-24)17-9-10-21-23-17/h3-6,9-10,14,16,18H,1-2,7-8,11-12H2,(H,21,23)(H,22,25). The van der Waals surface area contributed by atoms with Gasteiger partial charge < -0.3 is 5.32 Å². The van der Waals surface area contributed by atoms with Gasteiger partial charge in [0.1, 0.15) is 11.9 Å². The van der Waals surface area contributed by atoms with E-state index in [-0.39, 0.29) is 17.8 Å². The molecule has 0 bridgehead atoms. The zero-order valence-corrected chi connectivity index (χ0v) is 14.1. The summed E-state index contributed by atoms with van der Waals surface area (Å²) >= 11 is 0. The maximum absolute atomic E-state index is 13.3. The molecule has 2 N–H and O–H groups in total. The Morgan fingerprint density at radius 2 is 2.04 bits per heavy atom. The van der Waals surface area contributed by atoms with E-state index in [1.165, 1.54) is 12.1 Å². The molecular formula is C19H23FN4O. The van der Waals surface area contributed by atoms with Crippen molar-refractivity contribution in [2.75, 3.05) is 13.1 Å². The molecule has 1 aromatic carbocycles. The number of aromatic amines is 1. The van der Waals surface area contributed by atoms with Crippen molar-refractivity contribution in [1.29, 1.82) is 0 Å². The van der Waals surface area contributed by atoms with Crippen LogP contribution in [0.3, 0.4) is 0 Å². The first-order valence-corrected chi connectivity index (χ1v) is 9.00. The van der Waals surface area contributed by atoms with E-state index < -0.39 is 0 Å². The smallest absolute Gasteiger partial charge is 0.242 e. The van der Waals surface area contributed by atoms with Crippen LogP contribution in [0.1, 0.15) is 48.9 Å². The number of hydrogen-bond acceptors (Lipinski definition) is 3. The fourth-order valence-electron chi connectivity index (χ4n) is 3.67. The van der Waals surface area contributed by atoms with Gasteiger partial charge in [-0.05, 0) is 56.0 Å². The van der Waals surface area contributed by atoms with Crippen LogP contribution in [0.4, 0.5) is 4.39 Å². The number of halogens is 1. The van der Waals surface area contributed by atoms with Crippen molar-refractivity contribution in [3.63, 3.8) is 0 Å². The third kappa shape index (κ3) is 3.74. The lowest BCUT2D eigenvalue weighted by Crippen LogP contribution is -2.45. The predicted octanol–water partition coefficient (Wildman–Crippen LogP) is 2.75. The van der Waals surface area contributed by atoms with Crippen LogP contribution in [0.15, 0.2) is 36.5 Å². The molecule has 1 aromatic heterocycles. The normalized spacial score (nSPS) is 22.5. The number of piperidine rings is 1. The third-order valence-corrected chi connectivity index (χ3v) is 5.14. The maximum atomic E-state index is 13.3. The molecule has 1 saturated heterocycles. The minimum atomic E-state index is -0.369. The molecular weight excluding hydrogens is 319 g/mol. The Kier molecular flexibility index (Phi) is 4.53. The Hall–Kier alpha value is -2.21. The molecule has 0 spiro atoms. The summed E-state index contributed by atoms with van der Waals surface area (Å²) in [6.45, 7) is 1.66. The lowest BCUT2D eigenvalue weighted by atomic mass is 9.92. The molecule has 6 heteroatoms. The number of carbonyl (C=O) groups excluding carboxylic acids is 1. The predicted molar refractivity (Wildman–Crippen MR) is 92.4 cm³/mol. The molecule has 2 unspecified atom stereocenters. The van der Waals surface area contributed by atoms with Gasteiger partial charge in [0.25, 0.3) is 0 Å². The lowest BCUT2D eigenvalue weighted by molar-refractivity contribution is -0.127. The van der Waals surface area contributed by atoms with Crippen molar-refractivity contribution in [3.8, 4) is 0 Å². The van der Waals surface area contributed by atoms with Gasteiger partial charge >= 0.3 is 0 Å². The van der Waals surface area contributed by atoms with Crippen molar-refractivity contribution in [3.05, 3.63) is 53.6 Å². The molecule has 132 valence electrons. The molecule has 1 aliphatic carbocycles. The van der Waals surface area contributed by atoms with Crippen LogP contribution in [0.2, 0.25) is 0 Å². The molecule has 2 atom stereocenters. The molecule has 5 nitrogen and oxygen atoms in total. The van der Waals surface area contributed by atoms with Gasteiger partial charge in [-0.15, -0.1) is 0 Å². The topological polar surface area (TPSA) is 61.0 Å². The van der Waals surface area contributed by atoms with Crippen LogP contribution in [0.5, 0.6) is 0 Å². The quantitative estimate of drug-likeness (QED) is 0.878. The summed E-state index contributed by atoms with van der Waals surface area (Å²) in [6, 6.07) is 8.27. The Balaban J connectivity index is 1.57. The first kappa shape index (κ1) is 16.3. The first-order valence-electron chi connectivity index (χ1n) is 9.00. The van der Waals surface area contributed by atoms with Gasteiger partial charge in [0.15, 0.2) is 0 Å². The van der Waals surface area contributed by atoms with Crippen LogP contribution in [0, 0.1) is 5.82 Å². The highest BCUT2D eigenvalue weighted by Gasteiger charge is 2.35. The Labute approximate surface area is 146 Å². The largest absolute Gasteiger partial charge is 0.352 e. The summed E-state index contributed by atoms with van der Waals surface area (Å²) in [6.07, 6.45) is 5.99. The van der Waals surface area contributed by atoms with E-state index in [4.69, 9.17) is 0 Å². The monoisotopic (exact) mass is 342 g/mol. The molecule has 4 rings (SSSR count). The number of amides is 1. The van der Waals surface area contributed by atoms with Crippen molar-refractivity contribution < 1.29 is 9.18 Å². The van der Waals surface area contributed by atoms with E-state index in [1.54, 1.807) is 18.3 Å². The van der Waals surface area contributed by atoms with Gasteiger partial charge in [-0.3, -0.25) is 14.8 Å². The van der Waals surface area contributed by atoms with Crippen LogP contribution in [-0.4, -0.2) is 40.1 Å². The number of nitrogens with zero attached hydrogens (tertiary/aromatic N) is 2. The third-order valence-electron chi connectivity index (χ3n) is 5.14. The fourth-order valence-corrected chi connectivity index (χ4v) is 3.67. The van der Waals surface area contributed by atoms with Gasteiger partial charge in [0, 0.05) is 30.4 Å². The Morgan fingerprint density at radius 3 is 2.72 bits per heavy atom. The Bertz CT molecular complexity index is 712. The highest BCUT2D eigenvalue weighted by atomic mass is 19.1. The second-order valence-electron chi connectivity index (χ2n) is 7.08. The average molecular weight is 342 g/mol. The van der Waals surface area contributed by atoms with E-state index in [2.05, 4.69) is 20.4 Å². The highest BCUT2D eigenvalue weighted by Crippen LogP contribution is 2.32. The van der Waals surface area contributed by atoms with Crippen LogP contribution < -0.4 is 5.32 Å². The van der Waals surface area contributed by atoms with Crippen molar-refractivity contribution in [2.24, 2.45) is 0 Å². The number of aromatic nitrogens is 2. The van der Waals surface area contributed by atoms with Crippen molar-refractivity contribution >= 4 is 5.91 Å². The number of likely N-dealkylation sites (tertiary alicyclic amines) is 1. The van der Waals surface area contributed by atoms with E-state index in [0.29, 0.717) is 12.0 Å². The number of benzene rings is 1. The van der Waals surface area contributed by atoms with E-state index in [0.717, 1.165) is 50.0 Å². The van der Waals surface area contributed by atoms with Gasteiger partial charge in [0.05, 0.1) is 0 Å². The molecule has 1 amide bonds. The molecule has 2 heterocycles. The number of nitrogens with one attached hydrogen (secondary N) is 2. The first-order chi connectivity index (χ1) is 12.2. The molecule has 2 aliphatic rings. The minimum Gasteiger partial charge on any atom is -0.352 e. The van der Waals surface area contributed by atoms with Crippen molar-refractivity contribution in [1.82, 2.24) is 20.4 Å². The van der Waals surface area contributed by atoms with Gasteiger partial charge in [0.2, 0.25) is 5.91 Å². The van der Waals surface area contributed by atoms with Crippen molar-refractivity contribution in [2.45, 2.75) is 43.7 Å². The summed E-state index contributed by atoms with van der Waals surface area (Å²) in [7, 11) is 0. The number of hydrogen-bond donors (Lipinski definition) is 2. The fraction of sp³-hybridized carbons (Fsp3) is 0.474. The maximum Gasteiger partial charge on any atom is 0.242 e. The highest BCUT2D eigenvalue weighted by molar-refractivity contribution is 5.83. The van der Waals surface area contributed by atoms with E-state index >= 15 is 0 Å². The average Bonchev–Trinajstić information content (AvgIpc) is 3.25. The second kappa shape index (κ2) is 6.96. The molecule has 2 aromatic rings. The minimum absolute atomic E-state index is 0.0272. The summed E-state index contributed by atoms with van der Waals surface area (Å²) in [5, 5.41) is 10.2. The summed E-state index contributed by atoms with van der Waals surface area (Å²) in [4.78, 5) is 15.1. The number of H-pyrrole nitrogens is 1. The number of carbonyl (C=O) groups is 1. The van der Waals surface area contributed by atoms with Gasteiger partial charge in [-0.2, -0.15) is 5.10 Å². The lowest BCUT2D eigenvalue weighted by Gasteiger charge is -2.37. The van der Waals surface area contributed by atoms with Gasteiger partial charge in [-0.1, -0.05) is 12.1 Å². The summed E-state index contributed by atoms with van der Waals surface area (Å²) in [5.74, 6) is 0.0892. The van der Waals surface area contributed by atoms with E-state index in [1.807, 2.05) is 6.07 Å². The Morgan fingerprint density at radius 1 is 1.24 bits per heavy atom. The summed E-state index contributed by atoms with van der Waals surface area (Å²) < 4.78 is 13.3. The van der Waals surface area contributed by atoms with Crippen LogP contribution >= 0.6 is 0 Å². The van der Waals surface area contributed by atoms with Crippen LogP contribution in [0.25, 0.3) is 0 Å². The van der Waals surface area contributed by atoms with Gasteiger partial charge in [-0.25, -0.2) is 4.39 Å². The molecule has 1 saturated carbocycles. The summed E-state index contributed by atoms with van der Waals surface area (Å²) in [5.41, 5.74) is 1.97. The molecule has 1 aliphatic heterocycles. The second-order valence-corrected chi connectivity index (χ2v) is 7.08.